The monoisotopic (exact) mass is 750 g/mol. The average molecular weight is 751 g/mol. The minimum atomic E-state index is -0.572. The minimum Gasteiger partial charge on any atom is -0.455 e. The lowest BCUT2D eigenvalue weighted by molar-refractivity contribution is 0.670. The van der Waals surface area contributed by atoms with E-state index < -0.39 is 5.41 Å². The van der Waals surface area contributed by atoms with Crippen molar-refractivity contribution in [1.29, 1.82) is 0 Å². The van der Waals surface area contributed by atoms with E-state index in [1.165, 1.54) is 39.1 Å². The number of aromatic nitrogens is 1. The maximum absolute atomic E-state index is 7.03. The molecule has 0 atom stereocenters. The third kappa shape index (κ3) is 4.34. The van der Waals surface area contributed by atoms with Crippen LogP contribution in [0.1, 0.15) is 22.3 Å². The Morgan fingerprint density at radius 2 is 1.02 bits per heavy atom. The van der Waals surface area contributed by atoms with Crippen LogP contribution in [-0.2, 0) is 5.41 Å². The van der Waals surface area contributed by atoms with Gasteiger partial charge in [0.1, 0.15) is 11.2 Å². The summed E-state index contributed by atoms with van der Waals surface area (Å²) in [4.78, 5) is 7.84. The van der Waals surface area contributed by atoms with Crippen LogP contribution in [0.3, 0.4) is 0 Å². The molecule has 9 aromatic carbocycles. The Bertz CT molecular complexity index is 3470. The van der Waals surface area contributed by atoms with Crippen molar-refractivity contribution in [2.24, 2.45) is 0 Å². The Balaban J connectivity index is 1.19. The van der Waals surface area contributed by atoms with E-state index in [1.807, 2.05) is 0 Å². The van der Waals surface area contributed by atoms with Gasteiger partial charge in [0.25, 0.3) is 0 Å². The Morgan fingerprint density at radius 1 is 0.407 bits per heavy atom. The number of anilines is 3. The summed E-state index contributed by atoms with van der Waals surface area (Å²) in [6.07, 6.45) is 0. The number of furan rings is 1. The zero-order chi connectivity index (χ0) is 38.7. The molecule has 59 heavy (non-hydrogen) atoms. The maximum Gasteiger partial charge on any atom is 0.143 e. The molecule has 0 radical (unpaired) electrons. The fraction of sp³-hybridized carbons (Fsp3) is 0.0179. The molecule has 2 aliphatic rings. The van der Waals surface area contributed by atoms with Gasteiger partial charge in [0.2, 0.25) is 0 Å². The van der Waals surface area contributed by atoms with Crippen molar-refractivity contribution >= 4 is 60.7 Å². The van der Waals surface area contributed by atoms with Gasteiger partial charge >= 0.3 is 0 Å². The van der Waals surface area contributed by atoms with Gasteiger partial charge < -0.3 is 9.32 Å². The van der Waals surface area contributed by atoms with Crippen molar-refractivity contribution in [1.82, 2.24) is 4.98 Å². The highest BCUT2D eigenvalue weighted by molar-refractivity contribution is 6.30. The smallest absolute Gasteiger partial charge is 0.143 e. The highest BCUT2D eigenvalue weighted by Gasteiger charge is 2.51. The van der Waals surface area contributed by atoms with Crippen molar-refractivity contribution in [3.8, 4) is 33.5 Å². The van der Waals surface area contributed by atoms with E-state index in [1.54, 1.807) is 0 Å². The Kier molecular flexibility index (Phi) is 6.65. The topological polar surface area (TPSA) is 29.3 Å². The zero-order valence-corrected chi connectivity index (χ0v) is 31.9. The molecule has 0 unspecified atom stereocenters. The van der Waals surface area contributed by atoms with Crippen molar-refractivity contribution < 1.29 is 4.42 Å². The van der Waals surface area contributed by atoms with Crippen LogP contribution in [0.15, 0.2) is 211 Å². The number of hydrogen-bond donors (Lipinski definition) is 0. The molecule has 3 heteroatoms. The van der Waals surface area contributed by atoms with Gasteiger partial charge in [-0.05, 0) is 87.5 Å². The standard InChI is InChI=1S/C56H34N2O/c1-3-17-35(18-4-1)54-43-34-42(55-53(41-24-10-16-30-51(41)59-55)52(43)40-23-9-14-28-48(40)57-54)36-31-32-50-47(33-36)56(44-25-11-7-21-38(44)39-22-8-12-26-45(39)56)46-27-13-15-29-49(46)58(50)37-19-5-2-6-20-37/h1-34H. The summed E-state index contributed by atoms with van der Waals surface area (Å²) in [7, 11) is 0. The highest BCUT2D eigenvalue weighted by atomic mass is 16.3. The molecule has 0 fully saturated rings. The summed E-state index contributed by atoms with van der Waals surface area (Å²) in [6, 6.07) is 74.8. The van der Waals surface area contributed by atoms with E-state index in [9.17, 15) is 0 Å². The zero-order valence-electron chi connectivity index (χ0n) is 31.9. The number of nitrogens with zero attached hydrogens (tertiary/aromatic N) is 2. The lowest BCUT2D eigenvalue weighted by atomic mass is 9.64. The molecule has 11 aromatic rings. The summed E-state index contributed by atoms with van der Waals surface area (Å²) in [5.74, 6) is 0. The largest absolute Gasteiger partial charge is 0.455 e. The second-order valence-corrected chi connectivity index (χ2v) is 15.8. The van der Waals surface area contributed by atoms with E-state index in [-0.39, 0.29) is 0 Å². The Morgan fingerprint density at radius 3 is 1.80 bits per heavy atom. The van der Waals surface area contributed by atoms with Gasteiger partial charge in [-0.15, -0.1) is 0 Å². The number of hydrogen-bond acceptors (Lipinski definition) is 3. The predicted molar refractivity (Wildman–Crippen MR) is 243 cm³/mol. The third-order valence-electron chi connectivity index (χ3n) is 12.8. The van der Waals surface area contributed by atoms with Gasteiger partial charge in [-0.2, -0.15) is 0 Å². The number of fused-ring (bicyclic) bond motifs is 16. The normalized spacial score (nSPS) is 13.5. The molecule has 0 saturated heterocycles. The molecule has 0 N–H and O–H groups in total. The van der Waals surface area contributed by atoms with Crippen LogP contribution in [0.25, 0.3) is 77.1 Å². The summed E-state index contributed by atoms with van der Waals surface area (Å²) < 4.78 is 7.03. The molecular formula is C56H34N2O. The molecule has 1 spiro atoms. The quantitative estimate of drug-likeness (QED) is 0.168. The molecule has 2 aromatic heterocycles. The van der Waals surface area contributed by atoms with Crippen LogP contribution >= 0.6 is 0 Å². The summed E-state index contributed by atoms with van der Waals surface area (Å²) in [5, 5.41) is 5.59. The summed E-state index contributed by atoms with van der Waals surface area (Å²) >= 11 is 0. The number of pyridine rings is 1. The van der Waals surface area contributed by atoms with E-state index in [0.717, 1.165) is 77.4 Å². The first-order chi connectivity index (χ1) is 29.3. The van der Waals surface area contributed by atoms with Crippen molar-refractivity contribution in [2.45, 2.75) is 5.41 Å². The van der Waals surface area contributed by atoms with Crippen LogP contribution < -0.4 is 4.90 Å². The highest BCUT2D eigenvalue weighted by Crippen LogP contribution is 2.64. The first kappa shape index (κ1) is 32.3. The van der Waals surface area contributed by atoms with Gasteiger partial charge in [-0.3, -0.25) is 0 Å². The average Bonchev–Trinajstić information content (AvgIpc) is 3.84. The van der Waals surface area contributed by atoms with E-state index in [2.05, 4.69) is 211 Å². The molecule has 0 bridgehead atoms. The molecular weight excluding hydrogens is 717 g/mol. The predicted octanol–water partition coefficient (Wildman–Crippen LogP) is 14.8. The van der Waals surface area contributed by atoms with Crippen molar-refractivity contribution in [3.63, 3.8) is 0 Å². The number of rotatable bonds is 3. The second kappa shape index (κ2) is 12.1. The van der Waals surface area contributed by atoms with Gasteiger partial charge in [0.15, 0.2) is 0 Å². The van der Waals surface area contributed by atoms with Crippen molar-refractivity contribution in [3.05, 3.63) is 229 Å². The molecule has 1 aliphatic heterocycles. The van der Waals surface area contributed by atoms with E-state index in [0.29, 0.717) is 0 Å². The van der Waals surface area contributed by atoms with Gasteiger partial charge in [-0.1, -0.05) is 158 Å². The number of para-hydroxylation sites is 4. The van der Waals surface area contributed by atoms with E-state index in [4.69, 9.17) is 9.40 Å². The fourth-order valence-electron chi connectivity index (χ4n) is 10.5. The van der Waals surface area contributed by atoms with Crippen LogP contribution in [0, 0.1) is 0 Å². The second-order valence-electron chi connectivity index (χ2n) is 15.8. The SMILES string of the molecule is c1ccc(-c2nc3ccccc3c3c2cc(-c2ccc4c(c2)C2(c5ccccc5-c5ccccc52)c2ccccc2N4c2ccccc2)c2oc4ccccc4c23)cc1. The fourth-order valence-corrected chi connectivity index (χ4v) is 10.5. The maximum atomic E-state index is 7.03. The van der Waals surface area contributed by atoms with Gasteiger partial charge in [-0.25, -0.2) is 4.98 Å². The first-order valence-electron chi connectivity index (χ1n) is 20.3. The van der Waals surface area contributed by atoms with Crippen LogP contribution in [0.5, 0.6) is 0 Å². The van der Waals surface area contributed by atoms with Gasteiger partial charge in [0.05, 0.1) is 28.0 Å². The molecule has 0 amide bonds. The summed E-state index contributed by atoms with van der Waals surface area (Å²) in [6.45, 7) is 0. The molecule has 3 heterocycles. The molecule has 274 valence electrons. The van der Waals surface area contributed by atoms with Crippen LogP contribution in [-0.4, -0.2) is 4.98 Å². The minimum absolute atomic E-state index is 0.572. The lowest BCUT2D eigenvalue weighted by Gasteiger charge is -2.45. The summed E-state index contributed by atoms with van der Waals surface area (Å²) in [5.41, 5.74) is 17.4. The van der Waals surface area contributed by atoms with Gasteiger partial charge in [0, 0.05) is 43.7 Å². The third-order valence-corrected chi connectivity index (χ3v) is 12.8. The van der Waals surface area contributed by atoms with E-state index >= 15 is 0 Å². The Hall–Kier alpha value is -7.75. The van der Waals surface area contributed by atoms with Crippen molar-refractivity contribution in [2.75, 3.05) is 4.90 Å². The van der Waals surface area contributed by atoms with Crippen LogP contribution in [0.2, 0.25) is 0 Å². The molecule has 13 rings (SSSR count). The molecule has 3 nitrogen and oxygen atoms in total. The lowest BCUT2D eigenvalue weighted by Crippen LogP contribution is -2.36. The molecule has 0 saturated carbocycles. The van der Waals surface area contributed by atoms with Crippen LogP contribution in [0.4, 0.5) is 17.1 Å². The first-order valence-corrected chi connectivity index (χ1v) is 20.3. The number of benzene rings is 9. The Labute approximate surface area is 341 Å². The molecule has 1 aliphatic carbocycles.